The van der Waals surface area contributed by atoms with Crippen molar-refractivity contribution in [3.63, 3.8) is 0 Å². The molecule has 3 atom stereocenters. The summed E-state index contributed by atoms with van der Waals surface area (Å²) in [7, 11) is 0. The molecular weight excluding hydrogens is 386 g/mol. The highest BCUT2D eigenvalue weighted by Crippen LogP contribution is 2.24. The minimum atomic E-state index is 0.771. The second-order valence-corrected chi connectivity index (χ2v) is 10.6. The van der Waals surface area contributed by atoms with E-state index < -0.39 is 0 Å². The van der Waals surface area contributed by atoms with Crippen LogP contribution in [-0.4, -0.2) is 13.1 Å². The van der Waals surface area contributed by atoms with E-state index in [1.807, 2.05) is 0 Å². The van der Waals surface area contributed by atoms with E-state index in [-0.39, 0.29) is 0 Å². The van der Waals surface area contributed by atoms with Gasteiger partial charge < -0.3 is 4.90 Å². The van der Waals surface area contributed by atoms with Crippen LogP contribution in [0.4, 0.5) is 5.69 Å². The van der Waals surface area contributed by atoms with Crippen molar-refractivity contribution in [1.82, 2.24) is 0 Å². The van der Waals surface area contributed by atoms with Crippen molar-refractivity contribution in [3.05, 3.63) is 29.8 Å². The highest BCUT2D eigenvalue weighted by molar-refractivity contribution is 5.47. The van der Waals surface area contributed by atoms with Crippen LogP contribution in [0.3, 0.4) is 0 Å². The maximum absolute atomic E-state index is 2.69. The Labute approximate surface area is 202 Å². The zero-order chi connectivity index (χ0) is 23.6. The SMILES string of the molecule is CCCCC(CC)CCCCN(CC(C)CCCC(CC)CCCC)c1ccc(C)cc1. The smallest absolute Gasteiger partial charge is 0.0366 e. The molecule has 0 aromatic heterocycles. The van der Waals surface area contributed by atoms with E-state index in [4.69, 9.17) is 0 Å². The highest BCUT2D eigenvalue weighted by Gasteiger charge is 2.13. The molecule has 0 amide bonds. The van der Waals surface area contributed by atoms with Crippen LogP contribution in [0, 0.1) is 24.7 Å². The zero-order valence-corrected chi connectivity index (χ0v) is 22.8. The van der Waals surface area contributed by atoms with Crippen LogP contribution in [0.2, 0.25) is 0 Å². The summed E-state index contributed by atoms with van der Waals surface area (Å²) in [4.78, 5) is 2.69. The third kappa shape index (κ3) is 12.9. The molecule has 186 valence electrons. The topological polar surface area (TPSA) is 3.24 Å². The molecule has 0 heterocycles. The zero-order valence-electron chi connectivity index (χ0n) is 22.8. The minimum Gasteiger partial charge on any atom is -0.371 e. The lowest BCUT2D eigenvalue weighted by atomic mass is 9.91. The maximum Gasteiger partial charge on any atom is 0.0366 e. The van der Waals surface area contributed by atoms with Gasteiger partial charge in [-0.2, -0.15) is 0 Å². The number of rotatable bonds is 20. The molecule has 1 aromatic rings. The summed E-state index contributed by atoms with van der Waals surface area (Å²) in [6.07, 6.45) is 19.4. The first-order chi connectivity index (χ1) is 15.5. The molecule has 0 fully saturated rings. The van der Waals surface area contributed by atoms with Crippen molar-refractivity contribution in [3.8, 4) is 0 Å². The normalized spacial score (nSPS) is 14.3. The van der Waals surface area contributed by atoms with E-state index in [1.54, 1.807) is 0 Å². The molecule has 0 radical (unpaired) electrons. The van der Waals surface area contributed by atoms with Crippen LogP contribution >= 0.6 is 0 Å². The summed E-state index contributed by atoms with van der Waals surface area (Å²) in [6, 6.07) is 9.25. The van der Waals surface area contributed by atoms with E-state index in [0.29, 0.717) is 0 Å². The van der Waals surface area contributed by atoms with Crippen LogP contribution in [0.25, 0.3) is 0 Å². The largest absolute Gasteiger partial charge is 0.371 e. The molecular formula is C31H57N. The first kappa shape index (κ1) is 29.1. The van der Waals surface area contributed by atoms with Crippen molar-refractivity contribution in [2.75, 3.05) is 18.0 Å². The minimum absolute atomic E-state index is 0.771. The molecule has 1 heteroatoms. The van der Waals surface area contributed by atoms with Crippen molar-refractivity contribution in [2.24, 2.45) is 17.8 Å². The van der Waals surface area contributed by atoms with Crippen molar-refractivity contribution >= 4 is 5.69 Å². The van der Waals surface area contributed by atoms with E-state index in [2.05, 4.69) is 70.7 Å². The van der Waals surface area contributed by atoms with Crippen molar-refractivity contribution in [1.29, 1.82) is 0 Å². The van der Waals surface area contributed by atoms with E-state index in [0.717, 1.165) is 17.8 Å². The van der Waals surface area contributed by atoms with E-state index in [9.17, 15) is 0 Å². The molecule has 0 aliphatic heterocycles. The number of aryl methyl sites for hydroxylation is 1. The molecule has 0 saturated heterocycles. The third-order valence-electron chi connectivity index (χ3n) is 7.62. The highest BCUT2D eigenvalue weighted by atomic mass is 15.1. The van der Waals surface area contributed by atoms with Crippen LogP contribution in [0.5, 0.6) is 0 Å². The first-order valence-electron chi connectivity index (χ1n) is 14.3. The maximum atomic E-state index is 2.69. The summed E-state index contributed by atoms with van der Waals surface area (Å²) in [5.74, 6) is 2.67. The monoisotopic (exact) mass is 443 g/mol. The van der Waals surface area contributed by atoms with Crippen LogP contribution in [-0.2, 0) is 0 Å². The first-order valence-corrected chi connectivity index (χ1v) is 14.3. The lowest BCUT2D eigenvalue weighted by Crippen LogP contribution is -2.29. The third-order valence-corrected chi connectivity index (χ3v) is 7.62. The average molecular weight is 444 g/mol. The fourth-order valence-electron chi connectivity index (χ4n) is 5.13. The summed E-state index contributed by atoms with van der Waals surface area (Å²) in [6.45, 7) is 16.5. The Morgan fingerprint density at radius 1 is 0.656 bits per heavy atom. The second kappa shape index (κ2) is 18.4. The number of anilines is 1. The van der Waals surface area contributed by atoms with Crippen molar-refractivity contribution in [2.45, 2.75) is 131 Å². The predicted octanol–water partition coefficient (Wildman–Crippen LogP) is 10.2. The molecule has 0 N–H and O–H groups in total. The Morgan fingerprint density at radius 2 is 1.19 bits per heavy atom. The molecule has 0 bridgehead atoms. The number of unbranched alkanes of at least 4 members (excludes halogenated alkanes) is 3. The van der Waals surface area contributed by atoms with Gasteiger partial charge in [0.2, 0.25) is 0 Å². The van der Waals surface area contributed by atoms with Gasteiger partial charge in [-0.3, -0.25) is 0 Å². The van der Waals surface area contributed by atoms with Crippen LogP contribution < -0.4 is 4.90 Å². The molecule has 1 rings (SSSR count). The van der Waals surface area contributed by atoms with Crippen molar-refractivity contribution < 1.29 is 0 Å². The molecule has 1 aromatic carbocycles. The molecule has 0 aliphatic carbocycles. The fourth-order valence-corrected chi connectivity index (χ4v) is 5.13. The standard InChI is InChI=1S/C31H57N/c1-7-11-17-29(9-3)19-13-14-25-32(31-23-21-27(5)22-24-31)26-28(6)16-15-20-30(10-4)18-12-8-2/h21-24,28-30H,7-20,25-26H2,1-6H3. The molecule has 0 saturated carbocycles. The lowest BCUT2D eigenvalue weighted by molar-refractivity contribution is 0.380. The summed E-state index contributed by atoms with van der Waals surface area (Å²) < 4.78 is 0. The number of nitrogens with zero attached hydrogens (tertiary/aromatic N) is 1. The van der Waals surface area contributed by atoms with Gasteiger partial charge in [-0.05, 0) is 49.7 Å². The Morgan fingerprint density at radius 3 is 1.72 bits per heavy atom. The Bertz CT molecular complexity index is 534. The van der Waals surface area contributed by atoms with Gasteiger partial charge in [-0.15, -0.1) is 0 Å². The molecule has 0 spiro atoms. The molecule has 0 aliphatic rings. The van der Waals surface area contributed by atoms with Gasteiger partial charge in [0.25, 0.3) is 0 Å². The quantitative estimate of drug-likeness (QED) is 0.181. The molecule has 3 unspecified atom stereocenters. The Kier molecular flexibility index (Phi) is 16.7. The van der Waals surface area contributed by atoms with Gasteiger partial charge in [0, 0.05) is 18.8 Å². The van der Waals surface area contributed by atoms with Gasteiger partial charge in [0.1, 0.15) is 0 Å². The molecule has 32 heavy (non-hydrogen) atoms. The Hall–Kier alpha value is -0.980. The predicted molar refractivity (Wildman–Crippen MR) is 147 cm³/mol. The van der Waals surface area contributed by atoms with Gasteiger partial charge >= 0.3 is 0 Å². The number of hydrogen-bond acceptors (Lipinski definition) is 1. The van der Waals surface area contributed by atoms with E-state index in [1.165, 1.54) is 114 Å². The van der Waals surface area contributed by atoms with Gasteiger partial charge in [0.15, 0.2) is 0 Å². The fraction of sp³-hybridized carbons (Fsp3) is 0.806. The number of benzene rings is 1. The summed E-state index contributed by atoms with van der Waals surface area (Å²) >= 11 is 0. The van der Waals surface area contributed by atoms with E-state index >= 15 is 0 Å². The lowest BCUT2D eigenvalue weighted by Gasteiger charge is -2.29. The van der Waals surface area contributed by atoms with Gasteiger partial charge in [-0.1, -0.05) is 129 Å². The number of hydrogen-bond donors (Lipinski definition) is 0. The second-order valence-electron chi connectivity index (χ2n) is 10.6. The molecule has 1 nitrogen and oxygen atoms in total. The van der Waals surface area contributed by atoms with Crippen LogP contribution in [0.1, 0.15) is 130 Å². The Balaban J connectivity index is 2.52. The van der Waals surface area contributed by atoms with Gasteiger partial charge in [0.05, 0.1) is 0 Å². The average Bonchev–Trinajstić information content (AvgIpc) is 2.80. The van der Waals surface area contributed by atoms with Crippen LogP contribution in [0.15, 0.2) is 24.3 Å². The summed E-state index contributed by atoms with van der Waals surface area (Å²) in [5.41, 5.74) is 2.79. The summed E-state index contributed by atoms with van der Waals surface area (Å²) in [5, 5.41) is 0. The van der Waals surface area contributed by atoms with Gasteiger partial charge in [-0.25, -0.2) is 0 Å².